The molecular formula is C26H40O6. The SMILES string of the molecule is CCCCC(=O)O[C@@H]1CC2=CC(O)C3C(CC[C@@]4(C)C3CC[C@@H]4OC(=O)CC)[C@@]2(C)CO1. The van der Waals surface area contributed by atoms with E-state index in [-0.39, 0.29) is 34.8 Å². The van der Waals surface area contributed by atoms with E-state index in [0.717, 1.165) is 38.5 Å². The maximum absolute atomic E-state index is 12.1. The Morgan fingerprint density at radius 1 is 1.12 bits per heavy atom. The molecule has 1 aliphatic heterocycles. The Morgan fingerprint density at radius 2 is 1.91 bits per heavy atom. The number of fused-ring (bicyclic) bond motifs is 5. The summed E-state index contributed by atoms with van der Waals surface area (Å²) in [7, 11) is 0. The summed E-state index contributed by atoms with van der Waals surface area (Å²) >= 11 is 0. The summed E-state index contributed by atoms with van der Waals surface area (Å²) in [5, 5.41) is 11.3. The van der Waals surface area contributed by atoms with Crippen molar-refractivity contribution in [2.45, 2.75) is 104 Å². The molecule has 0 aromatic heterocycles. The summed E-state index contributed by atoms with van der Waals surface area (Å²) in [5.74, 6) is 0.443. The van der Waals surface area contributed by atoms with Crippen LogP contribution in [0.4, 0.5) is 0 Å². The predicted octanol–water partition coefficient (Wildman–Crippen LogP) is 4.54. The lowest BCUT2D eigenvalue weighted by atomic mass is 9.49. The summed E-state index contributed by atoms with van der Waals surface area (Å²) in [6, 6.07) is 0. The van der Waals surface area contributed by atoms with E-state index in [1.54, 1.807) is 0 Å². The van der Waals surface area contributed by atoms with Gasteiger partial charge in [0.15, 0.2) is 0 Å². The van der Waals surface area contributed by atoms with Gasteiger partial charge >= 0.3 is 11.9 Å². The fraction of sp³-hybridized carbons (Fsp3) is 0.846. The molecule has 0 radical (unpaired) electrons. The van der Waals surface area contributed by atoms with E-state index in [1.165, 1.54) is 5.57 Å². The molecule has 6 nitrogen and oxygen atoms in total. The zero-order valence-electron chi connectivity index (χ0n) is 20.1. The van der Waals surface area contributed by atoms with Gasteiger partial charge in [-0.2, -0.15) is 0 Å². The van der Waals surface area contributed by atoms with Gasteiger partial charge in [-0.3, -0.25) is 9.59 Å². The summed E-state index contributed by atoms with van der Waals surface area (Å²) in [6.07, 6.45) is 7.85. The molecule has 1 heterocycles. The first-order chi connectivity index (χ1) is 15.2. The van der Waals surface area contributed by atoms with Gasteiger partial charge < -0.3 is 19.3 Å². The Kier molecular flexibility index (Phi) is 6.75. The average molecular weight is 449 g/mol. The summed E-state index contributed by atoms with van der Waals surface area (Å²) in [5.41, 5.74) is 0.929. The zero-order valence-corrected chi connectivity index (χ0v) is 20.1. The lowest BCUT2D eigenvalue weighted by molar-refractivity contribution is -0.205. The van der Waals surface area contributed by atoms with E-state index < -0.39 is 12.4 Å². The number of hydrogen-bond acceptors (Lipinski definition) is 6. The van der Waals surface area contributed by atoms with Gasteiger partial charge in [0.25, 0.3) is 0 Å². The molecule has 0 amide bonds. The standard InChI is InChI=1S/C26H40O6/c1-5-7-8-22(29)32-23-14-16-13-19(27)24-17-9-10-20(31-21(28)6-2)25(17,3)12-11-18(24)26(16,4)15-30-23/h13,17-20,23-24,27H,5-12,14-15H2,1-4H3/t17?,18?,19?,20-,23+,24?,25-,26-/m0/s1. The fourth-order valence-electron chi connectivity index (χ4n) is 7.16. The largest absolute Gasteiger partial charge is 0.462 e. The van der Waals surface area contributed by atoms with Crippen LogP contribution in [0.15, 0.2) is 11.6 Å². The highest BCUT2D eigenvalue weighted by molar-refractivity contribution is 5.69. The van der Waals surface area contributed by atoms with Crippen LogP contribution in [0.25, 0.3) is 0 Å². The quantitative estimate of drug-likeness (QED) is 0.475. The van der Waals surface area contributed by atoms with Gasteiger partial charge in [-0.25, -0.2) is 0 Å². The number of ether oxygens (including phenoxy) is 3. The summed E-state index contributed by atoms with van der Waals surface area (Å²) in [4.78, 5) is 24.1. The number of rotatable bonds is 6. The van der Waals surface area contributed by atoms with Gasteiger partial charge in [0.05, 0.1) is 12.7 Å². The van der Waals surface area contributed by atoms with E-state index in [2.05, 4.69) is 20.8 Å². The predicted molar refractivity (Wildman–Crippen MR) is 119 cm³/mol. The molecule has 8 atom stereocenters. The van der Waals surface area contributed by atoms with E-state index >= 15 is 0 Å². The van der Waals surface area contributed by atoms with Crippen LogP contribution in [0.2, 0.25) is 0 Å². The van der Waals surface area contributed by atoms with Gasteiger partial charge in [0.1, 0.15) is 6.10 Å². The molecular weight excluding hydrogens is 408 g/mol. The van der Waals surface area contributed by atoms with Crippen molar-refractivity contribution >= 4 is 11.9 Å². The Morgan fingerprint density at radius 3 is 2.62 bits per heavy atom. The van der Waals surface area contributed by atoms with Crippen molar-refractivity contribution in [2.24, 2.45) is 28.6 Å². The Hall–Kier alpha value is -1.40. The molecule has 0 aromatic rings. The molecule has 6 heteroatoms. The Labute approximate surface area is 192 Å². The first kappa shape index (κ1) is 23.7. The monoisotopic (exact) mass is 448 g/mol. The van der Waals surface area contributed by atoms with Gasteiger partial charge in [-0.1, -0.05) is 45.8 Å². The highest BCUT2D eigenvalue weighted by atomic mass is 16.7. The fourth-order valence-corrected chi connectivity index (χ4v) is 7.16. The van der Waals surface area contributed by atoms with Gasteiger partial charge in [-0.15, -0.1) is 0 Å². The van der Waals surface area contributed by atoms with Crippen LogP contribution in [0, 0.1) is 28.6 Å². The van der Waals surface area contributed by atoms with Gasteiger partial charge in [0.2, 0.25) is 6.29 Å². The van der Waals surface area contributed by atoms with E-state index in [0.29, 0.717) is 37.7 Å². The van der Waals surface area contributed by atoms with Crippen molar-refractivity contribution in [2.75, 3.05) is 6.61 Å². The van der Waals surface area contributed by atoms with Crippen LogP contribution in [0.5, 0.6) is 0 Å². The van der Waals surface area contributed by atoms with Crippen LogP contribution < -0.4 is 0 Å². The molecule has 3 aliphatic carbocycles. The minimum absolute atomic E-state index is 0.0548. The van der Waals surface area contributed by atoms with Crippen molar-refractivity contribution in [3.8, 4) is 0 Å². The van der Waals surface area contributed by atoms with E-state index in [9.17, 15) is 14.7 Å². The second-order valence-corrected chi connectivity index (χ2v) is 10.9. The van der Waals surface area contributed by atoms with Crippen LogP contribution in [-0.4, -0.2) is 42.1 Å². The van der Waals surface area contributed by atoms with Crippen molar-refractivity contribution < 1.29 is 28.9 Å². The maximum Gasteiger partial charge on any atom is 0.308 e. The number of aliphatic hydroxyl groups excluding tert-OH is 1. The average Bonchev–Trinajstić information content (AvgIpc) is 3.09. The molecule has 32 heavy (non-hydrogen) atoms. The second-order valence-electron chi connectivity index (χ2n) is 10.9. The molecule has 2 saturated carbocycles. The first-order valence-electron chi connectivity index (χ1n) is 12.6. The molecule has 0 spiro atoms. The number of hydrogen-bond donors (Lipinski definition) is 1. The minimum Gasteiger partial charge on any atom is -0.462 e. The molecule has 0 bridgehead atoms. The number of esters is 2. The smallest absolute Gasteiger partial charge is 0.308 e. The van der Waals surface area contributed by atoms with Crippen molar-refractivity contribution in [3.63, 3.8) is 0 Å². The number of unbranched alkanes of at least 4 members (excludes halogenated alkanes) is 1. The molecule has 4 rings (SSSR count). The highest BCUT2D eigenvalue weighted by Gasteiger charge is 2.62. The molecule has 4 unspecified atom stereocenters. The molecule has 4 aliphatic rings. The lowest BCUT2D eigenvalue weighted by Gasteiger charge is -2.58. The zero-order chi connectivity index (χ0) is 23.1. The third kappa shape index (κ3) is 4.02. The van der Waals surface area contributed by atoms with Gasteiger partial charge in [0, 0.05) is 30.1 Å². The summed E-state index contributed by atoms with van der Waals surface area (Å²) < 4.78 is 17.5. The van der Waals surface area contributed by atoms with Crippen LogP contribution in [0.3, 0.4) is 0 Å². The molecule has 0 aromatic carbocycles. The molecule has 180 valence electrons. The van der Waals surface area contributed by atoms with Crippen LogP contribution in [0.1, 0.15) is 85.5 Å². The van der Waals surface area contributed by atoms with E-state index in [1.807, 2.05) is 13.0 Å². The highest BCUT2D eigenvalue weighted by Crippen LogP contribution is 2.64. The van der Waals surface area contributed by atoms with Gasteiger partial charge in [-0.05, 0) is 49.9 Å². The third-order valence-electron chi connectivity index (χ3n) is 9.08. The number of aliphatic hydroxyl groups is 1. The number of carbonyl (C=O) groups excluding carboxylic acids is 2. The summed E-state index contributed by atoms with van der Waals surface area (Å²) in [6.45, 7) is 8.91. The lowest BCUT2D eigenvalue weighted by Crippen LogP contribution is -2.57. The Balaban J connectivity index is 1.51. The van der Waals surface area contributed by atoms with Crippen molar-refractivity contribution in [3.05, 3.63) is 11.6 Å². The maximum atomic E-state index is 12.1. The first-order valence-corrected chi connectivity index (χ1v) is 12.6. The van der Waals surface area contributed by atoms with E-state index in [4.69, 9.17) is 14.2 Å². The van der Waals surface area contributed by atoms with Crippen LogP contribution >= 0.6 is 0 Å². The minimum atomic E-state index is -0.555. The van der Waals surface area contributed by atoms with Crippen molar-refractivity contribution in [1.82, 2.24) is 0 Å². The van der Waals surface area contributed by atoms with Crippen molar-refractivity contribution in [1.29, 1.82) is 0 Å². The normalized spacial score (nSPS) is 42.8. The molecule has 3 fully saturated rings. The second kappa shape index (κ2) is 9.09. The third-order valence-corrected chi connectivity index (χ3v) is 9.08. The Bertz CT molecular complexity index is 761. The number of carbonyl (C=O) groups is 2. The topological polar surface area (TPSA) is 82.1 Å². The molecule has 1 N–H and O–H groups in total. The molecule has 1 saturated heterocycles. The van der Waals surface area contributed by atoms with Crippen LogP contribution in [-0.2, 0) is 23.8 Å².